The van der Waals surface area contributed by atoms with Gasteiger partial charge in [0.05, 0.1) is 0 Å². The second-order valence-corrected chi connectivity index (χ2v) is 6.66. The molecule has 0 unspecified atom stereocenters. The van der Waals surface area contributed by atoms with Crippen LogP contribution in [0.2, 0.25) is 0 Å². The molecule has 0 aromatic heterocycles. The first-order valence-corrected chi connectivity index (χ1v) is 9.49. The van der Waals surface area contributed by atoms with Crippen LogP contribution >= 0.6 is 0 Å². The van der Waals surface area contributed by atoms with Crippen molar-refractivity contribution in [2.45, 2.75) is 0 Å². The minimum absolute atomic E-state index is 0.219. The van der Waals surface area contributed by atoms with Crippen molar-refractivity contribution in [1.82, 2.24) is 10.9 Å². The highest BCUT2D eigenvalue weighted by molar-refractivity contribution is 5.89. The molecule has 0 atom stereocenters. The van der Waals surface area contributed by atoms with E-state index in [0.29, 0.717) is 11.5 Å². The zero-order chi connectivity index (χ0) is 20.8. The van der Waals surface area contributed by atoms with Crippen molar-refractivity contribution in [3.05, 3.63) is 84.9 Å². The van der Waals surface area contributed by atoms with E-state index in [1.165, 1.54) is 0 Å². The van der Waals surface area contributed by atoms with Crippen molar-refractivity contribution >= 4 is 33.4 Å². The smallest absolute Gasteiger partial charge is 0.276 e. The second-order valence-electron chi connectivity index (χ2n) is 6.66. The maximum Gasteiger partial charge on any atom is 0.276 e. The monoisotopic (exact) mass is 400 g/mol. The Morgan fingerprint density at radius 2 is 1.27 bits per heavy atom. The summed E-state index contributed by atoms with van der Waals surface area (Å²) in [4.78, 5) is 23.9. The molecule has 4 aromatic carbocycles. The summed E-state index contributed by atoms with van der Waals surface area (Å²) in [6.07, 6.45) is 0. The lowest BCUT2D eigenvalue weighted by Crippen LogP contribution is -2.45. The molecular formula is C24H20N2O4. The van der Waals surface area contributed by atoms with Gasteiger partial charge in [0.25, 0.3) is 11.8 Å². The Hall–Kier alpha value is -4.06. The van der Waals surface area contributed by atoms with Crippen LogP contribution in [-0.2, 0) is 9.59 Å². The van der Waals surface area contributed by atoms with Gasteiger partial charge in [-0.15, -0.1) is 0 Å². The van der Waals surface area contributed by atoms with Crippen LogP contribution in [0, 0.1) is 0 Å². The molecule has 4 rings (SSSR count). The molecular weight excluding hydrogens is 380 g/mol. The van der Waals surface area contributed by atoms with E-state index in [9.17, 15) is 9.59 Å². The third kappa shape index (κ3) is 4.67. The lowest BCUT2D eigenvalue weighted by molar-refractivity contribution is -0.130. The SMILES string of the molecule is O=C(COc1ccc2ccccc2c1)NNC(=O)COc1cccc2ccccc12. The van der Waals surface area contributed by atoms with Gasteiger partial charge >= 0.3 is 0 Å². The van der Waals surface area contributed by atoms with Crippen molar-refractivity contribution in [3.8, 4) is 11.5 Å². The molecule has 6 nitrogen and oxygen atoms in total. The zero-order valence-corrected chi connectivity index (χ0v) is 16.1. The van der Waals surface area contributed by atoms with E-state index in [1.54, 1.807) is 12.1 Å². The Balaban J connectivity index is 1.23. The highest BCUT2D eigenvalue weighted by Gasteiger charge is 2.08. The number of benzene rings is 4. The van der Waals surface area contributed by atoms with E-state index in [4.69, 9.17) is 9.47 Å². The number of ether oxygens (including phenoxy) is 2. The molecule has 30 heavy (non-hydrogen) atoms. The van der Waals surface area contributed by atoms with Gasteiger partial charge in [0.15, 0.2) is 13.2 Å². The number of hydrazine groups is 1. The standard InChI is InChI=1S/C24H20N2O4/c27-23(15-29-20-13-12-17-6-1-2-8-19(17)14-20)25-26-24(28)16-30-22-11-5-9-18-7-3-4-10-21(18)22/h1-14H,15-16H2,(H,25,27)(H,26,28). The summed E-state index contributed by atoms with van der Waals surface area (Å²) in [6.45, 7) is -0.442. The summed E-state index contributed by atoms with van der Waals surface area (Å²) in [5.41, 5.74) is 4.64. The first-order chi connectivity index (χ1) is 14.7. The predicted octanol–water partition coefficient (Wildman–Crippen LogP) is 3.60. The molecule has 4 aromatic rings. The quantitative estimate of drug-likeness (QED) is 0.485. The van der Waals surface area contributed by atoms with Crippen molar-refractivity contribution < 1.29 is 19.1 Å². The maximum atomic E-state index is 12.0. The molecule has 6 heteroatoms. The predicted molar refractivity (Wildman–Crippen MR) is 115 cm³/mol. The highest BCUT2D eigenvalue weighted by atomic mass is 16.5. The number of nitrogens with one attached hydrogen (secondary N) is 2. The van der Waals surface area contributed by atoms with Crippen LogP contribution in [0.4, 0.5) is 0 Å². The molecule has 0 fully saturated rings. The average molecular weight is 400 g/mol. The van der Waals surface area contributed by atoms with Crippen LogP contribution in [0.3, 0.4) is 0 Å². The summed E-state index contributed by atoms with van der Waals surface area (Å²) in [7, 11) is 0. The normalized spacial score (nSPS) is 10.5. The fourth-order valence-corrected chi connectivity index (χ4v) is 3.08. The Kier molecular flexibility index (Phi) is 5.75. The second kappa shape index (κ2) is 8.96. The molecule has 0 aliphatic carbocycles. The Morgan fingerprint density at radius 3 is 2.07 bits per heavy atom. The lowest BCUT2D eigenvalue weighted by Gasteiger charge is -2.11. The minimum atomic E-state index is -0.471. The molecule has 0 spiro atoms. The molecule has 0 aliphatic heterocycles. The van der Waals surface area contributed by atoms with Gasteiger partial charge in [-0.3, -0.25) is 20.4 Å². The summed E-state index contributed by atoms with van der Waals surface area (Å²) in [5, 5.41) is 4.05. The Morgan fingerprint density at radius 1 is 0.633 bits per heavy atom. The Labute approximate surface area is 173 Å². The van der Waals surface area contributed by atoms with Gasteiger partial charge in [0.2, 0.25) is 0 Å². The first-order valence-electron chi connectivity index (χ1n) is 9.49. The van der Waals surface area contributed by atoms with E-state index in [1.807, 2.05) is 72.8 Å². The Bertz CT molecular complexity index is 1200. The lowest BCUT2D eigenvalue weighted by atomic mass is 10.1. The molecule has 0 radical (unpaired) electrons. The van der Waals surface area contributed by atoms with Crippen LogP contribution in [0.1, 0.15) is 0 Å². The van der Waals surface area contributed by atoms with Crippen molar-refractivity contribution in [1.29, 1.82) is 0 Å². The summed E-state index contributed by atoms with van der Waals surface area (Å²) in [5.74, 6) is 0.243. The van der Waals surface area contributed by atoms with Crippen LogP contribution in [0.5, 0.6) is 11.5 Å². The highest BCUT2D eigenvalue weighted by Crippen LogP contribution is 2.25. The fraction of sp³-hybridized carbons (Fsp3) is 0.0833. The number of rotatable bonds is 6. The minimum Gasteiger partial charge on any atom is -0.484 e. The van der Waals surface area contributed by atoms with Gasteiger partial charge in [-0.2, -0.15) is 0 Å². The molecule has 150 valence electrons. The molecule has 2 N–H and O–H groups in total. The number of fused-ring (bicyclic) bond motifs is 2. The van der Waals surface area contributed by atoms with Gasteiger partial charge in [-0.05, 0) is 34.4 Å². The summed E-state index contributed by atoms with van der Waals surface area (Å²) in [6, 6.07) is 26.8. The van der Waals surface area contributed by atoms with Crippen LogP contribution < -0.4 is 20.3 Å². The average Bonchev–Trinajstić information content (AvgIpc) is 2.79. The van der Waals surface area contributed by atoms with Crippen molar-refractivity contribution in [3.63, 3.8) is 0 Å². The van der Waals surface area contributed by atoms with Gasteiger partial charge in [0.1, 0.15) is 11.5 Å². The molecule has 0 saturated heterocycles. The largest absolute Gasteiger partial charge is 0.484 e. The topological polar surface area (TPSA) is 76.7 Å². The van der Waals surface area contributed by atoms with Crippen LogP contribution in [0.15, 0.2) is 84.9 Å². The van der Waals surface area contributed by atoms with E-state index in [0.717, 1.165) is 21.5 Å². The molecule has 0 bridgehead atoms. The van der Waals surface area contributed by atoms with Gasteiger partial charge in [0, 0.05) is 5.39 Å². The fourth-order valence-electron chi connectivity index (χ4n) is 3.08. The number of hydrogen-bond acceptors (Lipinski definition) is 4. The van der Waals surface area contributed by atoms with Gasteiger partial charge in [-0.25, -0.2) is 0 Å². The molecule has 0 aliphatic rings. The van der Waals surface area contributed by atoms with E-state index >= 15 is 0 Å². The molecule has 0 saturated carbocycles. The third-order valence-electron chi connectivity index (χ3n) is 4.54. The summed E-state index contributed by atoms with van der Waals surface area (Å²) >= 11 is 0. The number of hydrogen-bond donors (Lipinski definition) is 2. The van der Waals surface area contributed by atoms with Crippen molar-refractivity contribution in [2.75, 3.05) is 13.2 Å². The van der Waals surface area contributed by atoms with E-state index < -0.39 is 11.8 Å². The van der Waals surface area contributed by atoms with E-state index in [2.05, 4.69) is 10.9 Å². The zero-order valence-electron chi connectivity index (χ0n) is 16.1. The first kappa shape index (κ1) is 19.3. The van der Waals surface area contributed by atoms with Crippen molar-refractivity contribution in [2.24, 2.45) is 0 Å². The van der Waals surface area contributed by atoms with Gasteiger partial charge < -0.3 is 9.47 Å². The third-order valence-corrected chi connectivity index (χ3v) is 4.54. The summed E-state index contributed by atoms with van der Waals surface area (Å²) < 4.78 is 11.1. The number of amides is 2. The van der Waals surface area contributed by atoms with Crippen LogP contribution in [-0.4, -0.2) is 25.0 Å². The maximum absolute atomic E-state index is 12.0. The molecule has 2 amide bonds. The molecule has 0 heterocycles. The van der Waals surface area contributed by atoms with Crippen LogP contribution in [0.25, 0.3) is 21.5 Å². The van der Waals surface area contributed by atoms with E-state index in [-0.39, 0.29) is 13.2 Å². The van der Waals surface area contributed by atoms with Gasteiger partial charge in [-0.1, -0.05) is 66.7 Å². The number of carbonyl (C=O) groups is 2. The number of carbonyl (C=O) groups excluding carboxylic acids is 2.